The second-order valence-corrected chi connectivity index (χ2v) is 5.35. The number of ether oxygens (including phenoxy) is 2. The molecule has 0 aliphatic heterocycles. The van der Waals surface area contributed by atoms with Crippen LogP contribution in [-0.4, -0.2) is 42.2 Å². The highest BCUT2D eigenvalue weighted by atomic mass is 16.5. The molecule has 0 bridgehead atoms. The minimum atomic E-state index is -0.266. The molecular weight excluding hydrogens is 308 g/mol. The Balaban J connectivity index is 1.99. The molecule has 0 unspecified atom stereocenters. The number of methoxy groups -OCH3 is 1. The van der Waals surface area contributed by atoms with E-state index in [1.54, 1.807) is 13.2 Å². The first-order valence-corrected chi connectivity index (χ1v) is 7.71. The molecule has 7 heteroatoms. The molecule has 7 nitrogen and oxygen atoms in total. The highest BCUT2D eigenvalue weighted by Gasteiger charge is 2.08. The molecule has 1 heterocycles. The van der Waals surface area contributed by atoms with E-state index >= 15 is 0 Å². The minimum Gasteiger partial charge on any atom is -0.491 e. The van der Waals surface area contributed by atoms with E-state index in [0.717, 1.165) is 11.4 Å². The predicted octanol–water partition coefficient (Wildman–Crippen LogP) is 2.38. The summed E-state index contributed by atoms with van der Waals surface area (Å²) in [6, 6.07) is 9.13. The zero-order valence-corrected chi connectivity index (χ0v) is 14.1. The van der Waals surface area contributed by atoms with Crippen molar-refractivity contribution in [3.8, 4) is 5.75 Å². The van der Waals surface area contributed by atoms with Gasteiger partial charge in [0.1, 0.15) is 23.6 Å². The number of anilines is 2. The maximum absolute atomic E-state index is 12.0. The topological polar surface area (TPSA) is 85.4 Å². The number of carbonyl (C=O) groups excluding carboxylic acids is 1. The van der Waals surface area contributed by atoms with E-state index in [-0.39, 0.29) is 12.0 Å². The van der Waals surface area contributed by atoms with Gasteiger partial charge in [-0.25, -0.2) is 9.97 Å². The van der Waals surface area contributed by atoms with Gasteiger partial charge < -0.3 is 20.1 Å². The summed E-state index contributed by atoms with van der Waals surface area (Å²) in [7, 11) is 1.58. The molecule has 24 heavy (non-hydrogen) atoms. The highest BCUT2D eigenvalue weighted by molar-refractivity contribution is 5.92. The number of nitrogens with one attached hydrogen (secondary N) is 2. The lowest BCUT2D eigenvalue weighted by Gasteiger charge is -2.11. The zero-order valence-electron chi connectivity index (χ0n) is 14.1. The Morgan fingerprint density at radius 3 is 2.62 bits per heavy atom. The third-order valence-electron chi connectivity index (χ3n) is 2.99. The van der Waals surface area contributed by atoms with E-state index in [4.69, 9.17) is 9.47 Å². The van der Waals surface area contributed by atoms with Gasteiger partial charge in [-0.1, -0.05) is 0 Å². The molecule has 2 rings (SSSR count). The summed E-state index contributed by atoms with van der Waals surface area (Å²) >= 11 is 0. The predicted molar refractivity (Wildman–Crippen MR) is 91.7 cm³/mol. The van der Waals surface area contributed by atoms with Gasteiger partial charge in [0.25, 0.3) is 5.91 Å². The summed E-state index contributed by atoms with van der Waals surface area (Å²) < 4.78 is 10.5. The van der Waals surface area contributed by atoms with Crippen LogP contribution in [0.15, 0.2) is 36.7 Å². The largest absolute Gasteiger partial charge is 0.491 e. The van der Waals surface area contributed by atoms with E-state index in [2.05, 4.69) is 20.6 Å². The van der Waals surface area contributed by atoms with Gasteiger partial charge in [0.15, 0.2) is 0 Å². The molecular formula is C17H22N4O3. The third kappa shape index (κ3) is 5.51. The molecule has 1 aromatic carbocycles. The van der Waals surface area contributed by atoms with Crippen LogP contribution in [0.5, 0.6) is 5.75 Å². The van der Waals surface area contributed by atoms with Gasteiger partial charge in [-0.3, -0.25) is 4.79 Å². The number of hydrogen-bond donors (Lipinski definition) is 2. The Labute approximate surface area is 141 Å². The van der Waals surface area contributed by atoms with Crippen LogP contribution in [-0.2, 0) is 4.74 Å². The summed E-state index contributed by atoms with van der Waals surface area (Å²) in [5.41, 5.74) is 1.14. The summed E-state index contributed by atoms with van der Waals surface area (Å²) in [5.74, 6) is 1.08. The van der Waals surface area contributed by atoms with Gasteiger partial charge in [-0.2, -0.15) is 0 Å². The SMILES string of the molecule is COCCNC(=O)c1cc(Nc2ccc(OC(C)C)cc2)ncn1. The zero-order chi connectivity index (χ0) is 17.4. The number of carbonyl (C=O) groups is 1. The average Bonchev–Trinajstić information content (AvgIpc) is 2.56. The van der Waals surface area contributed by atoms with E-state index in [1.807, 2.05) is 38.1 Å². The molecule has 1 amide bonds. The third-order valence-corrected chi connectivity index (χ3v) is 2.99. The molecule has 1 aromatic heterocycles. The summed E-state index contributed by atoms with van der Waals surface area (Å²) in [5, 5.41) is 5.85. The number of hydrogen-bond acceptors (Lipinski definition) is 6. The van der Waals surface area contributed by atoms with Gasteiger partial charge >= 0.3 is 0 Å². The van der Waals surface area contributed by atoms with Crippen molar-refractivity contribution < 1.29 is 14.3 Å². The summed E-state index contributed by atoms with van der Waals surface area (Å²) in [6.07, 6.45) is 1.48. The molecule has 0 atom stereocenters. The van der Waals surface area contributed by atoms with Crippen LogP contribution in [0.25, 0.3) is 0 Å². The molecule has 0 fully saturated rings. The molecule has 0 aliphatic rings. The molecule has 2 N–H and O–H groups in total. The maximum Gasteiger partial charge on any atom is 0.270 e. The van der Waals surface area contributed by atoms with Crippen LogP contribution in [0.1, 0.15) is 24.3 Å². The molecule has 2 aromatic rings. The van der Waals surface area contributed by atoms with Crippen LogP contribution in [0.4, 0.5) is 11.5 Å². The second-order valence-electron chi connectivity index (χ2n) is 5.35. The number of aromatic nitrogens is 2. The summed E-state index contributed by atoms with van der Waals surface area (Å²) in [6.45, 7) is 4.84. The van der Waals surface area contributed by atoms with E-state index in [1.165, 1.54) is 6.33 Å². The monoisotopic (exact) mass is 330 g/mol. The van der Waals surface area contributed by atoms with Gasteiger partial charge in [-0.15, -0.1) is 0 Å². The Morgan fingerprint density at radius 2 is 1.96 bits per heavy atom. The van der Waals surface area contributed by atoms with Crippen LogP contribution < -0.4 is 15.4 Å². The van der Waals surface area contributed by atoms with E-state index in [9.17, 15) is 4.79 Å². The smallest absolute Gasteiger partial charge is 0.270 e. The molecule has 0 saturated heterocycles. The van der Waals surface area contributed by atoms with Crippen molar-refractivity contribution in [2.45, 2.75) is 20.0 Å². The quantitative estimate of drug-likeness (QED) is 0.723. The minimum absolute atomic E-state index is 0.129. The van der Waals surface area contributed by atoms with Crippen molar-refractivity contribution in [3.05, 3.63) is 42.4 Å². The van der Waals surface area contributed by atoms with Gasteiger partial charge in [0.2, 0.25) is 0 Å². The first-order chi connectivity index (χ1) is 11.6. The van der Waals surface area contributed by atoms with Crippen LogP contribution in [0.2, 0.25) is 0 Å². The Hall–Kier alpha value is -2.67. The van der Waals surface area contributed by atoms with Crippen LogP contribution in [0.3, 0.4) is 0 Å². The summed E-state index contributed by atoms with van der Waals surface area (Å²) in [4.78, 5) is 20.1. The molecule has 128 valence electrons. The fourth-order valence-corrected chi connectivity index (χ4v) is 1.94. The maximum atomic E-state index is 12.0. The van der Waals surface area contributed by atoms with Gasteiger partial charge in [-0.05, 0) is 38.1 Å². The fourth-order valence-electron chi connectivity index (χ4n) is 1.94. The number of amides is 1. The van der Waals surface area contributed by atoms with E-state index in [0.29, 0.717) is 24.7 Å². The Kier molecular flexibility index (Phi) is 6.51. The standard InChI is InChI=1S/C17H22N4O3/c1-12(2)24-14-6-4-13(5-7-14)21-16-10-15(19-11-20-16)17(22)18-8-9-23-3/h4-7,10-12H,8-9H2,1-3H3,(H,18,22)(H,19,20,21). The number of benzene rings is 1. The van der Waals surface area contributed by atoms with Gasteiger partial charge in [0, 0.05) is 25.4 Å². The molecule has 0 saturated carbocycles. The van der Waals surface area contributed by atoms with Crippen molar-refractivity contribution in [2.75, 3.05) is 25.6 Å². The van der Waals surface area contributed by atoms with E-state index < -0.39 is 0 Å². The van der Waals surface area contributed by atoms with Crippen molar-refractivity contribution >= 4 is 17.4 Å². The lowest BCUT2D eigenvalue weighted by molar-refractivity contribution is 0.0932. The lowest BCUT2D eigenvalue weighted by Crippen LogP contribution is -2.27. The van der Waals surface area contributed by atoms with Crippen LogP contribution in [0, 0.1) is 0 Å². The first-order valence-electron chi connectivity index (χ1n) is 7.71. The van der Waals surface area contributed by atoms with Crippen molar-refractivity contribution in [3.63, 3.8) is 0 Å². The number of nitrogens with zero attached hydrogens (tertiary/aromatic N) is 2. The molecule has 0 radical (unpaired) electrons. The average molecular weight is 330 g/mol. The first kappa shape index (κ1) is 17.7. The lowest BCUT2D eigenvalue weighted by atomic mass is 10.3. The molecule has 0 aliphatic carbocycles. The highest BCUT2D eigenvalue weighted by Crippen LogP contribution is 2.19. The fraction of sp³-hybridized carbons (Fsp3) is 0.353. The molecule has 0 spiro atoms. The second kappa shape index (κ2) is 8.83. The van der Waals surface area contributed by atoms with Crippen molar-refractivity contribution in [1.82, 2.24) is 15.3 Å². The normalized spacial score (nSPS) is 10.5. The van der Waals surface area contributed by atoms with Crippen molar-refractivity contribution in [1.29, 1.82) is 0 Å². The Bertz CT molecular complexity index is 659. The Morgan fingerprint density at radius 1 is 1.21 bits per heavy atom. The van der Waals surface area contributed by atoms with Crippen molar-refractivity contribution in [2.24, 2.45) is 0 Å². The van der Waals surface area contributed by atoms with Gasteiger partial charge in [0.05, 0.1) is 12.7 Å². The van der Waals surface area contributed by atoms with Crippen LogP contribution >= 0.6 is 0 Å². The number of rotatable bonds is 8.